The van der Waals surface area contributed by atoms with E-state index in [9.17, 15) is 4.79 Å². The number of esters is 1. The molecule has 6 nitrogen and oxygen atoms in total. The van der Waals surface area contributed by atoms with E-state index in [0.29, 0.717) is 12.3 Å². The zero-order valence-electron chi connectivity index (χ0n) is 14.5. The molecular formula is C18H22N4O2. The van der Waals surface area contributed by atoms with Crippen LogP contribution < -0.4 is 0 Å². The largest absolute Gasteiger partial charge is 0.461 e. The lowest BCUT2D eigenvalue weighted by Gasteiger charge is -2.07. The zero-order valence-corrected chi connectivity index (χ0v) is 14.5. The van der Waals surface area contributed by atoms with Gasteiger partial charge in [-0.2, -0.15) is 5.10 Å². The summed E-state index contributed by atoms with van der Waals surface area (Å²) < 4.78 is 9.01. The number of aromatic nitrogens is 4. The first-order valence-electron chi connectivity index (χ1n) is 8.07. The topological polar surface area (TPSA) is 61.4 Å². The monoisotopic (exact) mass is 326 g/mol. The summed E-state index contributed by atoms with van der Waals surface area (Å²) in [6.07, 6.45) is 5.40. The summed E-state index contributed by atoms with van der Waals surface area (Å²) in [5.41, 5.74) is 5.68. The van der Waals surface area contributed by atoms with Crippen LogP contribution in [0.1, 0.15) is 39.4 Å². The molecule has 0 spiro atoms. The van der Waals surface area contributed by atoms with Crippen LogP contribution in [0.15, 0.2) is 24.5 Å². The highest BCUT2D eigenvalue weighted by Gasteiger charge is 2.12. The second-order valence-electron chi connectivity index (χ2n) is 6.10. The number of hydrogen-bond donors (Lipinski definition) is 0. The molecule has 3 aromatic rings. The maximum atomic E-state index is 12.0. The van der Waals surface area contributed by atoms with Crippen LogP contribution in [0.3, 0.4) is 0 Å². The Morgan fingerprint density at radius 1 is 1.25 bits per heavy atom. The van der Waals surface area contributed by atoms with Crippen LogP contribution in [0.4, 0.5) is 0 Å². The minimum atomic E-state index is -0.280. The number of hydrogen-bond acceptors (Lipinski definition) is 4. The fourth-order valence-corrected chi connectivity index (χ4v) is 2.66. The SMILES string of the molecule is Cc1nn2cc(CCCOC(=O)c3ccc(C)n3C)cnc2c1C. The molecule has 6 heteroatoms. The Morgan fingerprint density at radius 2 is 2.04 bits per heavy atom. The summed E-state index contributed by atoms with van der Waals surface area (Å²) in [5.74, 6) is -0.280. The van der Waals surface area contributed by atoms with Gasteiger partial charge in [-0.15, -0.1) is 0 Å². The quantitative estimate of drug-likeness (QED) is 0.534. The van der Waals surface area contributed by atoms with E-state index in [1.807, 2.05) is 55.4 Å². The smallest absolute Gasteiger partial charge is 0.354 e. The van der Waals surface area contributed by atoms with Gasteiger partial charge in [-0.05, 0) is 51.3 Å². The number of rotatable bonds is 5. The van der Waals surface area contributed by atoms with E-state index in [1.165, 1.54) is 0 Å². The van der Waals surface area contributed by atoms with E-state index >= 15 is 0 Å². The van der Waals surface area contributed by atoms with Crippen molar-refractivity contribution in [3.05, 3.63) is 52.7 Å². The molecule has 0 radical (unpaired) electrons. The zero-order chi connectivity index (χ0) is 17.3. The molecule has 0 aliphatic heterocycles. The van der Waals surface area contributed by atoms with Crippen molar-refractivity contribution in [2.24, 2.45) is 7.05 Å². The fourth-order valence-electron chi connectivity index (χ4n) is 2.66. The fraction of sp³-hybridized carbons (Fsp3) is 0.389. The maximum Gasteiger partial charge on any atom is 0.354 e. The summed E-state index contributed by atoms with van der Waals surface area (Å²) in [6, 6.07) is 3.70. The summed E-state index contributed by atoms with van der Waals surface area (Å²) >= 11 is 0. The van der Waals surface area contributed by atoms with Crippen LogP contribution in [0.25, 0.3) is 5.65 Å². The van der Waals surface area contributed by atoms with Crippen LogP contribution in [0.5, 0.6) is 0 Å². The summed E-state index contributed by atoms with van der Waals surface area (Å²) in [7, 11) is 1.86. The normalized spacial score (nSPS) is 11.2. The molecule has 24 heavy (non-hydrogen) atoms. The number of carbonyl (C=O) groups excluding carboxylic acids is 1. The minimum Gasteiger partial charge on any atom is -0.461 e. The molecule has 0 aliphatic carbocycles. The molecule has 3 heterocycles. The highest BCUT2D eigenvalue weighted by atomic mass is 16.5. The van der Waals surface area contributed by atoms with Gasteiger partial charge in [0.25, 0.3) is 0 Å². The van der Waals surface area contributed by atoms with Gasteiger partial charge in [0.1, 0.15) is 5.69 Å². The third kappa shape index (κ3) is 3.04. The first-order chi connectivity index (χ1) is 11.5. The molecule has 126 valence electrons. The minimum absolute atomic E-state index is 0.280. The number of fused-ring (bicyclic) bond motifs is 1. The number of carbonyl (C=O) groups is 1. The van der Waals surface area contributed by atoms with Crippen LogP contribution in [-0.2, 0) is 18.2 Å². The van der Waals surface area contributed by atoms with Gasteiger partial charge in [-0.1, -0.05) is 0 Å². The number of aryl methyl sites for hydroxylation is 4. The van der Waals surface area contributed by atoms with Gasteiger partial charge in [0, 0.05) is 30.7 Å². The highest BCUT2D eigenvalue weighted by Crippen LogP contribution is 2.13. The van der Waals surface area contributed by atoms with Crippen molar-refractivity contribution in [2.45, 2.75) is 33.6 Å². The lowest BCUT2D eigenvalue weighted by Crippen LogP contribution is -2.12. The molecule has 0 unspecified atom stereocenters. The molecule has 0 saturated carbocycles. The molecule has 0 fully saturated rings. The van der Waals surface area contributed by atoms with E-state index in [-0.39, 0.29) is 5.97 Å². The summed E-state index contributed by atoms with van der Waals surface area (Å²) in [5, 5.41) is 4.45. The van der Waals surface area contributed by atoms with Gasteiger partial charge in [-0.3, -0.25) is 0 Å². The Hall–Kier alpha value is -2.63. The average Bonchev–Trinajstić information content (AvgIpc) is 3.04. The van der Waals surface area contributed by atoms with Crippen molar-refractivity contribution in [3.8, 4) is 0 Å². The number of nitrogens with zero attached hydrogens (tertiary/aromatic N) is 4. The van der Waals surface area contributed by atoms with Crippen LogP contribution in [-0.4, -0.2) is 31.7 Å². The van der Waals surface area contributed by atoms with Gasteiger partial charge < -0.3 is 9.30 Å². The van der Waals surface area contributed by atoms with Crippen LogP contribution in [0.2, 0.25) is 0 Å². The predicted molar refractivity (Wildman–Crippen MR) is 91.2 cm³/mol. The molecule has 3 aromatic heterocycles. The first-order valence-corrected chi connectivity index (χ1v) is 8.07. The van der Waals surface area contributed by atoms with E-state index in [4.69, 9.17) is 4.74 Å². The van der Waals surface area contributed by atoms with Crippen molar-refractivity contribution < 1.29 is 9.53 Å². The molecule has 3 rings (SSSR count). The van der Waals surface area contributed by atoms with Crippen molar-refractivity contribution in [1.82, 2.24) is 19.2 Å². The standard InChI is InChI=1S/C18H22N4O2/c1-12-7-8-16(21(12)4)18(23)24-9-5-6-15-10-19-17-13(2)14(3)20-22(17)11-15/h7-8,10-11H,5-6,9H2,1-4H3. The van der Waals surface area contributed by atoms with Gasteiger partial charge in [0.05, 0.1) is 12.3 Å². The molecule has 0 atom stereocenters. The van der Waals surface area contributed by atoms with Crippen molar-refractivity contribution in [1.29, 1.82) is 0 Å². The predicted octanol–water partition coefficient (Wildman–Crippen LogP) is 2.78. The highest BCUT2D eigenvalue weighted by molar-refractivity contribution is 5.87. The lowest BCUT2D eigenvalue weighted by atomic mass is 10.2. The Morgan fingerprint density at radius 3 is 2.75 bits per heavy atom. The molecule has 0 N–H and O–H groups in total. The molecule has 0 saturated heterocycles. The van der Waals surface area contributed by atoms with Gasteiger partial charge in [-0.25, -0.2) is 14.3 Å². The molecule has 0 aliphatic rings. The second kappa shape index (κ2) is 6.47. The van der Waals surface area contributed by atoms with Crippen LogP contribution >= 0.6 is 0 Å². The first kappa shape index (κ1) is 16.2. The van der Waals surface area contributed by atoms with Gasteiger partial charge in [0.15, 0.2) is 5.65 Å². The molecular weight excluding hydrogens is 304 g/mol. The Labute approximate surface area is 141 Å². The molecule has 0 amide bonds. The van der Waals surface area contributed by atoms with Crippen molar-refractivity contribution in [3.63, 3.8) is 0 Å². The van der Waals surface area contributed by atoms with E-state index in [0.717, 1.165) is 41.0 Å². The van der Waals surface area contributed by atoms with E-state index < -0.39 is 0 Å². The van der Waals surface area contributed by atoms with Gasteiger partial charge in [0.2, 0.25) is 0 Å². The summed E-state index contributed by atoms with van der Waals surface area (Å²) in [4.78, 5) is 16.5. The molecule has 0 aromatic carbocycles. The lowest BCUT2D eigenvalue weighted by molar-refractivity contribution is 0.0489. The van der Waals surface area contributed by atoms with Crippen LogP contribution in [0, 0.1) is 20.8 Å². The Kier molecular flexibility index (Phi) is 4.38. The number of ether oxygens (including phenoxy) is 1. The van der Waals surface area contributed by atoms with Crippen molar-refractivity contribution in [2.75, 3.05) is 6.61 Å². The van der Waals surface area contributed by atoms with E-state index in [1.54, 1.807) is 6.07 Å². The third-order valence-corrected chi connectivity index (χ3v) is 4.42. The maximum absolute atomic E-state index is 12.0. The van der Waals surface area contributed by atoms with Crippen molar-refractivity contribution >= 4 is 11.6 Å². The second-order valence-corrected chi connectivity index (χ2v) is 6.10. The summed E-state index contributed by atoms with van der Waals surface area (Å²) in [6.45, 7) is 6.35. The average molecular weight is 326 g/mol. The van der Waals surface area contributed by atoms with E-state index in [2.05, 4.69) is 10.1 Å². The Bertz CT molecular complexity index is 892. The molecule has 0 bridgehead atoms. The van der Waals surface area contributed by atoms with Gasteiger partial charge >= 0.3 is 5.97 Å². The third-order valence-electron chi connectivity index (χ3n) is 4.42. The Balaban J connectivity index is 1.55.